The SMILES string of the molecule is CCCCn1c(=O)c2c(N)n(C(=O)OC)nc2n(CCCC)c1=O. The van der Waals surface area contributed by atoms with Crippen LogP contribution >= 0.6 is 0 Å². The molecule has 0 aliphatic rings. The fraction of sp³-hybridized carbons (Fsp3) is 0.600. The van der Waals surface area contributed by atoms with Crippen molar-refractivity contribution in [3.63, 3.8) is 0 Å². The quantitative estimate of drug-likeness (QED) is 0.846. The highest BCUT2D eigenvalue weighted by Gasteiger charge is 2.23. The Morgan fingerprint density at radius 2 is 1.71 bits per heavy atom. The van der Waals surface area contributed by atoms with E-state index in [1.807, 2.05) is 13.8 Å². The zero-order valence-corrected chi connectivity index (χ0v) is 14.2. The lowest BCUT2D eigenvalue weighted by molar-refractivity contribution is 0.170. The molecular formula is C15H23N5O4. The van der Waals surface area contributed by atoms with Gasteiger partial charge in [-0.3, -0.25) is 13.9 Å². The summed E-state index contributed by atoms with van der Waals surface area (Å²) in [6, 6.07) is 0. The van der Waals surface area contributed by atoms with Gasteiger partial charge in [-0.25, -0.2) is 9.59 Å². The van der Waals surface area contributed by atoms with Crippen LogP contribution in [-0.4, -0.2) is 32.1 Å². The molecule has 0 unspecified atom stereocenters. The van der Waals surface area contributed by atoms with Crippen molar-refractivity contribution in [2.75, 3.05) is 12.8 Å². The molecular weight excluding hydrogens is 314 g/mol. The van der Waals surface area contributed by atoms with Gasteiger partial charge in [-0.1, -0.05) is 26.7 Å². The number of hydrogen-bond acceptors (Lipinski definition) is 6. The van der Waals surface area contributed by atoms with Gasteiger partial charge in [-0.2, -0.15) is 0 Å². The number of methoxy groups -OCH3 is 1. The summed E-state index contributed by atoms with van der Waals surface area (Å²) in [7, 11) is 1.19. The van der Waals surface area contributed by atoms with E-state index in [2.05, 4.69) is 9.84 Å². The summed E-state index contributed by atoms with van der Waals surface area (Å²) in [5.74, 6) is -0.114. The maximum Gasteiger partial charge on any atom is 0.436 e. The number of nitrogen functional groups attached to an aromatic ring is 1. The number of aromatic nitrogens is 4. The maximum atomic E-state index is 12.7. The Kier molecular flexibility index (Phi) is 5.42. The number of hydrogen-bond donors (Lipinski definition) is 1. The van der Waals surface area contributed by atoms with E-state index in [-0.39, 0.29) is 16.9 Å². The van der Waals surface area contributed by atoms with Gasteiger partial charge in [0.05, 0.1) is 7.11 Å². The standard InChI is InChI=1S/C15H23N5O4/c1-4-6-8-18-12-10(11(16)20(17-12)15(23)24-3)13(21)19(14(18)22)9-7-5-2/h4-9,16H2,1-3H3. The Labute approximate surface area is 138 Å². The molecule has 2 aromatic rings. The van der Waals surface area contributed by atoms with Gasteiger partial charge in [0, 0.05) is 13.1 Å². The van der Waals surface area contributed by atoms with Gasteiger partial charge in [0.15, 0.2) is 5.65 Å². The minimum absolute atomic E-state index is 0.0761. The number of anilines is 1. The molecule has 0 saturated carbocycles. The molecule has 0 aliphatic carbocycles. The molecule has 24 heavy (non-hydrogen) atoms. The van der Waals surface area contributed by atoms with Gasteiger partial charge in [0.25, 0.3) is 5.56 Å². The molecule has 2 aromatic heterocycles. The maximum absolute atomic E-state index is 12.7. The normalized spacial score (nSPS) is 11.1. The van der Waals surface area contributed by atoms with Crippen molar-refractivity contribution in [1.82, 2.24) is 18.9 Å². The van der Waals surface area contributed by atoms with Crippen LogP contribution in [0.2, 0.25) is 0 Å². The van der Waals surface area contributed by atoms with Crippen molar-refractivity contribution in [2.24, 2.45) is 0 Å². The summed E-state index contributed by atoms with van der Waals surface area (Å²) in [5.41, 5.74) is 5.10. The van der Waals surface area contributed by atoms with E-state index in [1.54, 1.807) is 0 Å². The van der Waals surface area contributed by atoms with Crippen LogP contribution in [0.1, 0.15) is 39.5 Å². The Balaban J connectivity index is 2.81. The zero-order chi connectivity index (χ0) is 17.9. The molecule has 2 rings (SSSR count). The van der Waals surface area contributed by atoms with E-state index in [1.165, 1.54) is 16.2 Å². The van der Waals surface area contributed by atoms with Crippen molar-refractivity contribution < 1.29 is 9.53 Å². The number of aryl methyl sites for hydroxylation is 1. The van der Waals surface area contributed by atoms with Gasteiger partial charge in [0.1, 0.15) is 11.2 Å². The van der Waals surface area contributed by atoms with Crippen molar-refractivity contribution in [3.8, 4) is 0 Å². The smallest absolute Gasteiger partial charge is 0.436 e. The Hall–Kier alpha value is -2.58. The topological polar surface area (TPSA) is 114 Å². The van der Waals surface area contributed by atoms with E-state index < -0.39 is 17.3 Å². The monoisotopic (exact) mass is 337 g/mol. The second-order valence-electron chi connectivity index (χ2n) is 5.56. The highest BCUT2D eigenvalue weighted by atomic mass is 16.5. The van der Waals surface area contributed by atoms with E-state index in [9.17, 15) is 14.4 Å². The number of carbonyl (C=O) groups is 1. The molecule has 0 amide bonds. The van der Waals surface area contributed by atoms with Crippen LogP contribution in [0, 0.1) is 0 Å². The lowest BCUT2D eigenvalue weighted by atomic mass is 10.3. The second kappa shape index (κ2) is 7.33. The average molecular weight is 337 g/mol. The number of ether oxygens (including phenoxy) is 1. The van der Waals surface area contributed by atoms with Crippen molar-refractivity contribution in [1.29, 1.82) is 0 Å². The number of nitrogens with two attached hydrogens (primary N) is 1. The molecule has 2 heterocycles. The highest BCUT2D eigenvalue weighted by Crippen LogP contribution is 2.16. The largest absolute Gasteiger partial charge is 0.451 e. The first kappa shape index (κ1) is 17.8. The number of unbranched alkanes of at least 4 members (excludes halogenated alkanes) is 2. The highest BCUT2D eigenvalue weighted by molar-refractivity contribution is 5.91. The number of carbonyl (C=O) groups excluding carboxylic acids is 1. The summed E-state index contributed by atoms with van der Waals surface area (Å²) in [4.78, 5) is 37.2. The third-order valence-electron chi connectivity index (χ3n) is 3.90. The third-order valence-corrected chi connectivity index (χ3v) is 3.90. The number of fused-ring (bicyclic) bond motifs is 1. The number of nitrogens with zero attached hydrogens (tertiary/aromatic N) is 4. The van der Waals surface area contributed by atoms with Gasteiger partial charge in [-0.15, -0.1) is 9.78 Å². The van der Waals surface area contributed by atoms with Crippen LogP contribution in [0.4, 0.5) is 10.6 Å². The van der Waals surface area contributed by atoms with Crippen molar-refractivity contribution >= 4 is 22.9 Å². The van der Waals surface area contributed by atoms with E-state index in [0.717, 1.165) is 23.9 Å². The average Bonchev–Trinajstić information content (AvgIpc) is 2.91. The predicted octanol–water partition coefficient (Wildman–Crippen LogP) is 1.16. The number of rotatable bonds is 6. The van der Waals surface area contributed by atoms with Gasteiger partial charge in [-0.05, 0) is 12.8 Å². The third kappa shape index (κ3) is 2.93. The van der Waals surface area contributed by atoms with Gasteiger partial charge >= 0.3 is 11.8 Å². The van der Waals surface area contributed by atoms with Crippen LogP contribution in [0.25, 0.3) is 11.0 Å². The molecule has 2 N–H and O–H groups in total. The zero-order valence-electron chi connectivity index (χ0n) is 14.2. The van der Waals surface area contributed by atoms with Crippen molar-refractivity contribution in [3.05, 3.63) is 20.8 Å². The molecule has 132 valence electrons. The summed E-state index contributed by atoms with van der Waals surface area (Å²) in [6.45, 7) is 4.68. The summed E-state index contributed by atoms with van der Waals surface area (Å²) >= 11 is 0. The van der Waals surface area contributed by atoms with E-state index in [0.29, 0.717) is 19.5 Å². The first-order valence-corrected chi connectivity index (χ1v) is 8.08. The summed E-state index contributed by atoms with van der Waals surface area (Å²) in [6.07, 6.45) is 2.34. The van der Waals surface area contributed by atoms with Crippen molar-refractivity contribution in [2.45, 2.75) is 52.6 Å². The fourth-order valence-electron chi connectivity index (χ4n) is 2.53. The minimum Gasteiger partial charge on any atom is -0.451 e. The minimum atomic E-state index is -0.808. The fourth-order valence-corrected chi connectivity index (χ4v) is 2.53. The lowest BCUT2D eigenvalue weighted by Gasteiger charge is -2.10. The lowest BCUT2D eigenvalue weighted by Crippen LogP contribution is -2.40. The van der Waals surface area contributed by atoms with Crippen LogP contribution in [0.3, 0.4) is 0 Å². The molecule has 0 atom stereocenters. The molecule has 0 aromatic carbocycles. The molecule has 0 saturated heterocycles. The Morgan fingerprint density at radius 1 is 1.12 bits per heavy atom. The summed E-state index contributed by atoms with van der Waals surface area (Å²) in [5, 5.41) is 4.12. The first-order valence-electron chi connectivity index (χ1n) is 8.08. The molecule has 9 heteroatoms. The Morgan fingerprint density at radius 3 is 2.25 bits per heavy atom. The van der Waals surface area contributed by atoms with Gasteiger partial charge < -0.3 is 10.5 Å². The van der Waals surface area contributed by atoms with E-state index in [4.69, 9.17) is 5.73 Å². The molecule has 9 nitrogen and oxygen atoms in total. The predicted molar refractivity (Wildman–Crippen MR) is 90.3 cm³/mol. The Bertz CT molecular complexity index is 861. The van der Waals surface area contributed by atoms with Gasteiger partial charge in [0.2, 0.25) is 0 Å². The van der Waals surface area contributed by atoms with Crippen LogP contribution in [-0.2, 0) is 17.8 Å². The van der Waals surface area contributed by atoms with Crippen LogP contribution in [0.15, 0.2) is 9.59 Å². The van der Waals surface area contributed by atoms with Crippen LogP contribution in [0.5, 0.6) is 0 Å². The van der Waals surface area contributed by atoms with Crippen LogP contribution < -0.4 is 17.0 Å². The molecule has 0 aliphatic heterocycles. The second-order valence-corrected chi connectivity index (χ2v) is 5.56. The molecule has 0 radical (unpaired) electrons. The molecule has 0 bridgehead atoms. The van der Waals surface area contributed by atoms with E-state index >= 15 is 0 Å². The molecule has 0 fully saturated rings. The molecule has 0 spiro atoms. The first-order chi connectivity index (χ1) is 11.5. The summed E-state index contributed by atoms with van der Waals surface area (Å²) < 4.78 is 8.01.